The van der Waals surface area contributed by atoms with Gasteiger partial charge in [0.2, 0.25) is 0 Å². The highest BCUT2D eigenvalue weighted by Crippen LogP contribution is 2.29. The number of halogens is 3. The van der Waals surface area contributed by atoms with Crippen molar-refractivity contribution in [2.75, 3.05) is 32.7 Å². The van der Waals surface area contributed by atoms with Crippen molar-refractivity contribution in [2.45, 2.75) is 12.6 Å². The molecular weight excluding hydrogens is 265 g/mol. The third-order valence-corrected chi connectivity index (χ3v) is 3.28. The van der Waals surface area contributed by atoms with Crippen LogP contribution in [-0.2, 0) is 6.18 Å². The molecule has 1 aliphatic heterocycles. The molecule has 1 aliphatic rings. The smallest absolute Gasteiger partial charge is 0.298 e. The summed E-state index contributed by atoms with van der Waals surface area (Å²) >= 11 is 0. The van der Waals surface area contributed by atoms with Crippen LogP contribution in [0.5, 0.6) is 0 Å². The molecule has 0 unspecified atom stereocenters. The van der Waals surface area contributed by atoms with Crippen molar-refractivity contribution in [1.82, 2.24) is 10.2 Å². The van der Waals surface area contributed by atoms with E-state index in [0.717, 1.165) is 56.8 Å². The number of alkyl halides is 3. The summed E-state index contributed by atoms with van der Waals surface area (Å²) < 4.78 is 37.3. The summed E-state index contributed by atoms with van der Waals surface area (Å²) in [4.78, 5) is 2.30. The SMILES string of the molecule is FC(F)(F)c1ccc(C=CCN2CCC[N]CC2)cc1. The Bertz CT molecular complexity index is 429. The highest BCUT2D eigenvalue weighted by Gasteiger charge is 2.29. The molecule has 0 saturated carbocycles. The lowest BCUT2D eigenvalue weighted by atomic mass is 10.1. The van der Waals surface area contributed by atoms with Crippen LogP contribution in [0, 0.1) is 0 Å². The number of nitrogens with zero attached hydrogens (tertiary/aromatic N) is 2. The van der Waals surface area contributed by atoms with E-state index in [4.69, 9.17) is 0 Å². The minimum absolute atomic E-state index is 0.608. The van der Waals surface area contributed by atoms with E-state index in [-0.39, 0.29) is 0 Å². The summed E-state index contributed by atoms with van der Waals surface area (Å²) in [6.45, 7) is 4.60. The van der Waals surface area contributed by atoms with Crippen molar-refractivity contribution in [1.29, 1.82) is 0 Å². The lowest BCUT2D eigenvalue weighted by Gasteiger charge is -2.16. The highest BCUT2D eigenvalue weighted by atomic mass is 19.4. The Morgan fingerprint density at radius 1 is 1.10 bits per heavy atom. The van der Waals surface area contributed by atoms with Crippen LogP contribution < -0.4 is 5.32 Å². The Morgan fingerprint density at radius 3 is 2.55 bits per heavy atom. The van der Waals surface area contributed by atoms with E-state index in [1.807, 2.05) is 12.2 Å². The minimum atomic E-state index is -4.27. The summed E-state index contributed by atoms with van der Waals surface area (Å²) in [5.74, 6) is 0. The van der Waals surface area contributed by atoms with E-state index in [1.54, 1.807) is 0 Å². The maximum atomic E-state index is 12.4. The molecule has 5 heteroatoms. The van der Waals surface area contributed by atoms with Gasteiger partial charge < -0.3 is 0 Å². The molecule has 2 nitrogen and oxygen atoms in total. The van der Waals surface area contributed by atoms with Crippen LogP contribution in [0.1, 0.15) is 17.5 Å². The number of benzene rings is 1. The van der Waals surface area contributed by atoms with Crippen LogP contribution in [0.4, 0.5) is 13.2 Å². The van der Waals surface area contributed by atoms with Crippen molar-refractivity contribution in [3.05, 3.63) is 41.5 Å². The molecule has 2 rings (SSSR count). The molecule has 1 aromatic carbocycles. The summed E-state index contributed by atoms with van der Waals surface area (Å²) in [6, 6.07) is 5.23. The first-order chi connectivity index (χ1) is 9.55. The Kier molecular flexibility index (Phi) is 5.20. The van der Waals surface area contributed by atoms with Crippen molar-refractivity contribution in [3.63, 3.8) is 0 Å². The van der Waals surface area contributed by atoms with Gasteiger partial charge in [0.05, 0.1) is 5.56 Å². The summed E-state index contributed by atoms with van der Waals surface area (Å²) in [5.41, 5.74) is 0.182. The van der Waals surface area contributed by atoms with Crippen LogP contribution in [0.2, 0.25) is 0 Å². The molecule has 1 aromatic rings. The van der Waals surface area contributed by atoms with Crippen molar-refractivity contribution >= 4 is 6.08 Å². The van der Waals surface area contributed by atoms with E-state index < -0.39 is 11.7 Å². The minimum Gasteiger partial charge on any atom is -0.298 e. The molecule has 0 bridgehead atoms. The molecule has 20 heavy (non-hydrogen) atoms. The second kappa shape index (κ2) is 6.90. The van der Waals surface area contributed by atoms with E-state index >= 15 is 0 Å². The Hall–Kier alpha value is -1.33. The fraction of sp³-hybridized carbons (Fsp3) is 0.467. The zero-order chi connectivity index (χ0) is 14.4. The van der Waals surface area contributed by atoms with Gasteiger partial charge in [-0.3, -0.25) is 4.90 Å². The van der Waals surface area contributed by atoms with Crippen LogP contribution in [0.25, 0.3) is 6.08 Å². The monoisotopic (exact) mass is 283 g/mol. The molecule has 0 aliphatic carbocycles. The van der Waals surface area contributed by atoms with Gasteiger partial charge in [-0.15, -0.1) is 0 Å². The second-order valence-corrected chi connectivity index (χ2v) is 4.85. The van der Waals surface area contributed by atoms with Crippen molar-refractivity contribution in [3.8, 4) is 0 Å². The molecule has 1 heterocycles. The lowest BCUT2D eigenvalue weighted by Crippen LogP contribution is -2.27. The van der Waals surface area contributed by atoms with Gasteiger partial charge >= 0.3 is 6.18 Å². The molecule has 1 radical (unpaired) electrons. The van der Waals surface area contributed by atoms with Gasteiger partial charge in [0.25, 0.3) is 0 Å². The third kappa shape index (κ3) is 4.65. The number of hydrogen-bond acceptors (Lipinski definition) is 1. The average Bonchev–Trinajstić information content (AvgIpc) is 2.67. The second-order valence-electron chi connectivity index (χ2n) is 4.85. The van der Waals surface area contributed by atoms with E-state index in [1.165, 1.54) is 12.1 Å². The topological polar surface area (TPSA) is 17.3 Å². The first-order valence-electron chi connectivity index (χ1n) is 6.75. The van der Waals surface area contributed by atoms with E-state index in [0.29, 0.717) is 0 Å². The Labute approximate surface area is 117 Å². The fourth-order valence-corrected chi connectivity index (χ4v) is 2.15. The number of hydrogen-bond donors (Lipinski definition) is 0. The van der Waals surface area contributed by atoms with E-state index in [2.05, 4.69) is 10.2 Å². The summed E-state index contributed by atoms with van der Waals surface area (Å²) in [7, 11) is 0. The van der Waals surface area contributed by atoms with Gasteiger partial charge in [-0.25, -0.2) is 5.32 Å². The van der Waals surface area contributed by atoms with Gasteiger partial charge in [-0.05, 0) is 30.7 Å². The highest BCUT2D eigenvalue weighted by molar-refractivity contribution is 5.50. The van der Waals surface area contributed by atoms with Crippen molar-refractivity contribution in [2.24, 2.45) is 0 Å². The molecule has 0 aromatic heterocycles. The third-order valence-electron chi connectivity index (χ3n) is 3.28. The number of rotatable bonds is 3. The van der Waals surface area contributed by atoms with Gasteiger partial charge in [0, 0.05) is 26.2 Å². The standard InChI is InChI=1S/C15H18F3N2/c16-15(17,18)14-6-4-13(5-7-14)3-1-10-20-11-2-8-19-9-12-20/h1,3-7H,2,8-12H2. The predicted molar refractivity (Wildman–Crippen MR) is 73.4 cm³/mol. The van der Waals surface area contributed by atoms with Gasteiger partial charge in [-0.1, -0.05) is 24.3 Å². The quantitative estimate of drug-likeness (QED) is 0.833. The average molecular weight is 283 g/mol. The lowest BCUT2D eigenvalue weighted by molar-refractivity contribution is -0.137. The molecule has 0 amide bonds. The molecule has 0 N–H and O–H groups in total. The predicted octanol–water partition coefficient (Wildman–Crippen LogP) is 3.03. The molecule has 109 valence electrons. The maximum Gasteiger partial charge on any atom is 0.416 e. The van der Waals surface area contributed by atoms with Crippen LogP contribution in [0.15, 0.2) is 30.3 Å². The Morgan fingerprint density at radius 2 is 1.85 bits per heavy atom. The summed E-state index contributed by atoms with van der Waals surface area (Å²) in [5, 5.41) is 4.35. The Balaban J connectivity index is 1.87. The fourth-order valence-electron chi connectivity index (χ4n) is 2.15. The zero-order valence-electron chi connectivity index (χ0n) is 11.2. The zero-order valence-corrected chi connectivity index (χ0v) is 11.2. The first kappa shape index (κ1) is 15.1. The van der Waals surface area contributed by atoms with E-state index in [9.17, 15) is 13.2 Å². The molecule has 0 atom stereocenters. The molecule has 0 spiro atoms. The maximum absolute atomic E-state index is 12.4. The molecule has 1 saturated heterocycles. The van der Waals surface area contributed by atoms with Crippen LogP contribution >= 0.6 is 0 Å². The van der Waals surface area contributed by atoms with Gasteiger partial charge in [0.15, 0.2) is 0 Å². The van der Waals surface area contributed by atoms with Crippen LogP contribution in [0.3, 0.4) is 0 Å². The van der Waals surface area contributed by atoms with Gasteiger partial charge in [-0.2, -0.15) is 13.2 Å². The normalized spacial score (nSPS) is 18.4. The largest absolute Gasteiger partial charge is 0.416 e. The van der Waals surface area contributed by atoms with Gasteiger partial charge in [0.1, 0.15) is 0 Å². The molecule has 1 fully saturated rings. The summed E-state index contributed by atoms with van der Waals surface area (Å²) in [6.07, 6.45) is 0.669. The van der Waals surface area contributed by atoms with Crippen LogP contribution in [-0.4, -0.2) is 37.6 Å². The van der Waals surface area contributed by atoms with Crippen molar-refractivity contribution < 1.29 is 13.2 Å². The molecular formula is C15H18F3N2. The first-order valence-corrected chi connectivity index (χ1v) is 6.75.